The molecule has 40 heteroatoms. The summed E-state index contributed by atoms with van der Waals surface area (Å²) in [6.07, 6.45) is 1.49. The van der Waals surface area contributed by atoms with Crippen LogP contribution in [0.1, 0.15) is 249 Å². The predicted molar refractivity (Wildman–Crippen MR) is 501 cm³/mol. The largest absolute Gasteiger partial charge is 1.00 e. The second-order valence-corrected chi connectivity index (χ2v) is 40.1. The number of alkyl halides is 9. The molecule has 10 N–H and O–H groups in total. The monoisotopic (exact) mass is 2150 g/mol. The number of ketones is 3. The van der Waals surface area contributed by atoms with Crippen molar-refractivity contribution in [3.8, 4) is 36.0 Å². The molecule has 0 fully saturated rings. The molecule has 0 unspecified atom stereocenters. The van der Waals surface area contributed by atoms with Gasteiger partial charge in [0.25, 0.3) is 6.47 Å². The van der Waals surface area contributed by atoms with Crippen LogP contribution in [0.4, 0.5) is 39.5 Å². The Balaban J connectivity index is -0.000000231. The van der Waals surface area contributed by atoms with Gasteiger partial charge in [-0.1, -0.05) is 218 Å². The number of aliphatic hydroxyl groups is 6. The first-order valence-corrected chi connectivity index (χ1v) is 51.7. The van der Waals surface area contributed by atoms with Gasteiger partial charge in [-0.25, -0.2) is 33.7 Å². The third-order valence-electron chi connectivity index (χ3n) is 17.2. The zero-order chi connectivity index (χ0) is 101. The van der Waals surface area contributed by atoms with Crippen LogP contribution in [0.25, 0.3) is 0 Å². The topological polar surface area (TPSA) is 411 Å². The summed E-state index contributed by atoms with van der Waals surface area (Å²) in [6.45, 7) is 23.9. The van der Waals surface area contributed by atoms with Crippen molar-refractivity contribution in [2.24, 2.45) is 11.5 Å². The Kier molecular flexibility index (Phi) is 83.1. The Bertz CT molecular complexity index is 4670. The van der Waals surface area contributed by atoms with Crippen molar-refractivity contribution in [3.05, 3.63) is 147 Å². The van der Waals surface area contributed by atoms with Gasteiger partial charge in [-0.2, -0.15) is 39.5 Å². The van der Waals surface area contributed by atoms with E-state index in [-0.39, 0.29) is 176 Å². The molecule has 0 aromatic heterocycles. The molecule has 0 spiro atoms. The molecule has 0 aliphatic heterocycles. The molecule has 0 saturated heterocycles. The molecule has 132 heavy (non-hydrogen) atoms. The fourth-order valence-electron chi connectivity index (χ4n) is 11.4. The molecule has 5 aromatic rings. The Morgan fingerprint density at radius 3 is 1.05 bits per heavy atom. The Labute approximate surface area is 885 Å². The number of aryl methyl sites for hydroxylation is 1. The smallest absolute Gasteiger partial charge is 1.00 e. The first-order chi connectivity index (χ1) is 60.6. The summed E-state index contributed by atoms with van der Waals surface area (Å²) in [5.74, 6) is 7.69. The van der Waals surface area contributed by atoms with Gasteiger partial charge in [0.1, 0.15) is 16.8 Å². The molecule has 0 atom stereocenters. The van der Waals surface area contributed by atoms with Gasteiger partial charge in [-0.15, -0.1) is 18.2 Å². The standard InChI is InChI=1S/C20H25F3O4S.C17H29NO3S.C17H25NO3S.C11H10BrF3O3S.C11H10BrF3OS.C9H16O.2C2H6O.C2H6.CH2O3.2K.H/c1-3-11-19(25,12-4-2)13-10-16-7-5-8-17(15-16)28(26,27)14-6-9-18(24)20(21,22)23;2*1-3-9-17(19,10-4-2)11-8-15-6-5-7-16(14-15)22(20,21)13-12-18;12-8-3-1-4-9(7-8)19(17,18)6-2-5-10(16)11(13,14)15;12-8-3-1-4-9(7-8)17-6-2-5-10(16)11(13,14)15;1-4-7-9(10,6-3)8-5-2;2*1-2-3;1-2;2-1-4-3;;;/h5,7-8,15,25H,3-4,6,9,11-12,14H2,1-2H3;5-7,14,19H,3-4,8-13,18H2,1-2H3;5-7,14,19H,3-4,9-10,12-13,18H2,1-2H3;1,3-4,7H,2,5-6H2;1,3-4,7H,2,5-6H2;3,10H,4-5,7-8H2,1-2H3;2*3H,2H2,1H3;1-2H3;1,3H;;;/q;;;;;;;;;;2*+1;-1/p-1. The van der Waals surface area contributed by atoms with E-state index >= 15 is 0 Å². The fraction of sp³-hybridized carbons (Fsp3) is 0.565. The molecule has 0 saturated carbocycles. The first kappa shape index (κ1) is 142. The van der Waals surface area contributed by atoms with Crippen LogP contribution in [0.3, 0.4) is 0 Å². The molecule has 0 heterocycles. The maximum atomic E-state index is 12.3. The number of carbonyl (C=O) groups is 4. The van der Waals surface area contributed by atoms with Gasteiger partial charge >= 0.3 is 121 Å². The van der Waals surface area contributed by atoms with Crippen LogP contribution in [0.5, 0.6) is 0 Å². The number of terminal acetylenes is 1. The molecule has 0 aliphatic carbocycles. The molecule has 0 radical (unpaired) electrons. The van der Waals surface area contributed by atoms with Crippen molar-refractivity contribution in [3.63, 3.8) is 0 Å². The van der Waals surface area contributed by atoms with Crippen molar-refractivity contribution in [2.75, 3.05) is 55.1 Å². The van der Waals surface area contributed by atoms with E-state index in [1.807, 2.05) is 85.7 Å². The fourth-order valence-corrected chi connectivity index (χ4v) is 18.4. The predicted octanol–water partition coefficient (Wildman–Crippen LogP) is 12.0. The van der Waals surface area contributed by atoms with E-state index in [9.17, 15) is 108 Å². The van der Waals surface area contributed by atoms with Gasteiger partial charge in [0.2, 0.25) is 17.3 Å². The molecule has 22 nitrogen and oxygen atoms in total. The summed E-state index contributed by atoms with van der Waals surface area (Å²) >= 11 is 7.85. The summed E-state index contributed by atoms with van der Waals surface area (Å²) in [7, 11) is -14.2. The van der Waals surface area contributed by atoms with Crippen LogP contribution in [-0.2, 0) is 69.8 Å². The van der Waals surface area contributed by atoms with Crippen LogP contribution >= 0.6 is 43.6 Å². The van der Waals surface area contributed by atoms with Gasteiger partial charge in [0.15, 0.2) is 39.3 Å². The van der Waals surface area contributed by atoms with Gasteiger partial charge in [0, 0.05) is 70.5 Å². The molecule has 742 valence electrons. The first-order valence-electron chi connectivity index (χ1n) is 42.5. The number of nitrogens with two attached hydrogens (primary N) is 2. The minimum atomic E-state index is -4.95. The number of hydrogen-bond acceptors (Lipinski definition) is 23. The van der Waals surface area contributed by atoms with Crippen LogP contribution in [0.15, 0.2) is 155 Å². The zero-order valence-corrected chi connectivity index (χ0v) is 91.8. The Hall–Kier alpha value is -3.35. The van der Waals surface area contributed by atoms with Crippen LogP contribution < -0.4 is 119 Å². The SMILES string of the molecule is C#CC(O)(CCC)CCC.CC.CCCC(O)(C#Cc1cccc(S(=O)(=O)CCCC(=O)C(F)(F)F)c1)CCC.CCCC(O)(C#Cc1cccc(S(=O)(=O)CCN)c1)CCC.CCCC(O)(CCC)CCc1cccc(S(=O)(=O)CCN)c1.CCO.CCO.O=C(CCCS(=O)(=O)c1cccc(Br)c1)C(F)(F)F.O=C(CCCSc1cccc(Br)c1)C(F)(F)F.O=CO[O-].[H-].[K+].[K+]. The number of thioether (sulfide) groups is 1. The number of hydrogen-bond donors (Lipinski definition) is 8. The number of benzene rings is 5. The van der Waals surface area contributed by atoms with Gasteiger partial charge in [-0.3, -0.25) is 19.2 Å². The normalized spacial score (nSPS) is 11.3. The van der Waals surface area contributed by atoms with Crippen molar-refractivity contribution < 1.29 is 237 Å². The van der Waals surface area contributed by atoms with Crippen molar-refractivity contribution in [1.82, 2.24) is 0 Å². The molecular weight excluding hydrogens is 2020 g/mol. The summed E-state index contributed by atoms with van der Waals surface area (Å²) in [5, 5.41) is 64.8. The maximum Gasteiger partial charge on any atom is 1.00 e. The summed E-state index contributed by atoms with van der Waals surface area (Å²) in [6, 6.07) is 32.6. The quantitative estimate of drug-likeness (QED) is 0.00263. The summed E-state index contributed by atoms with van der Waals surface area (Å²) < 4.78 is 206. The molecule has 5 rings (SSSR count). The average Bonchev–Trinajstić information content (AvgIpc) is 0.860. The molecule has 5 aromatic carbocycles. The van der Waals surface area contributed by atoms with E-state index in [0.29, 0.717) is 64.8 Å². The van der Waals surface area contributed by atoms with Crippen molar-refractivity contribution in [2.45, 2.75) is 303 Å². The van der Waals surface area contributed by atoms with Crippen LogP contribution in [0.2, 0.25) is 0 Å². The summed E-state index contributed by atoms with van der Waals surface area (Å²) in [5.41, 5.74) is 8.99. The minimum Gasteiger partial charge on any atom is -1.00 e. The molecule has 0 aliphatic rings. The number of rotatable bonds is 41. The van der Waals surface area contributed by atoms with Crippen molar-refractivity contribution >= 4 is 107 Å². The third kappa shape index (κ3) is 67.9. The van der Waals surface area contributed by atoms with E-state index < -0.39 is 135 Å². The number of carbonyl (C=O) groups excluding carboxylic acids is 4. The Morgan fingerprint density at radius 1 is 0.455 bits per heavy atom. The van der Waals surface area contributed by atoms with E-state index in [0.717, 1.165) is 92.0 Å². The second-order valence-electron chi connectivity index (χ2n) is 28.7. The maximum absolute atomic E-state index is 12.3. The Morgan fingerprint density at radius 2 is 0.742 bits per heavy atom. The number of halogens is 11. The van der Waals surface area contributed by atoms with E-state index in [1.54, 1.807) is 62.4 Å². The van der Waals surface area contributed by atoms with E-state index in [4.69, 9.17) is 38.2 Å². The molecule has 0 amide bonds. The average molecular weight is 2160 g/mol. The van der Waals surface area contributed by atoms with E-state index in [2.05, 4.69) is 80.2 Å². The number of Topliss-reactive ketones (excluding diaryl/α,β-unsaturated/α-hetero) is 3. The van der Waals surface area contributed by atoms with Gasteiger partial charge in [-0.05, 0) is 194 Å². The van der Waals surface area contributed by atoms with Gasteiger partial charge in [0.05, 0.1) is 48.2 Å². The zero-order valence-electron chi connectivity index (χ0n) is 79.3. The van der Waals surface area contributed by atoms with E-state index in [1.165, 1.54) is 54.2 Å². The molecular formula is C92H135Br2F9K2N2O20S5. The van der Waals surface area contributed by atoms with Crippen LogP contribution in [-0.4, -0.2) is 184 Å². The summed E-state index contributed by atoms with van der Waals surface area (Å²) in [4.78, 5) is 44.8. The van der Waals surface area contributed by atoms with Gasteiger partial charge < -0.3 is 53.7 Å². The number of aliphatic hydroxyl groups excluding tert-OH is 2. The van der Waals surface area contributed by atoms with Crippen LogP contribution in [0, 0.1) is 36.0 Å². The molecule has 0 bridgehead atoms. The second kappa shape index (κ2) is 77.4. The van der Waals surface area contributed by atoms with Crippen molar-refractivity contribution in [1.29, 1.82) is 0 Å². The number of sulfone groups is 4. The third-order valence-corrected chi connectivity index (χ3v) is 26.4. The minimum absolute atomic E-state index is 0.